The third kappa shape index (κ3) is 2.60. The van der Waals surface area contributed by atoms with Gasteiger partial charge < -0.3 is 10.5 Å². The Labute approximate surface area is 119 Å². The van der Waals surface area contributed by atoms with Crippen LogP contribution in [0.5, 0.6) is 11.6 Å². The van der Waals surface area contributed by atoms with Gasteiger partial charge in [0.1, 0.15) is 5.75 Å². The number of nitrogens with two attached hydrogens (primary N) is 1. The van der Waals surface area contributed by atoms with Crippen LogP contribution in [0, 0.1) is 13.8 Å². The lowest BCUT2D eigenvalue weighted by Crippen LogP contribution is -1.96. The molecule has 1 aromatic carbocycles. The van der Waals surface area contributed by atoms with E-state index in [1.165, 1.54) is 0 Å². The van der Waals surface area contributed by atoms with E-state index in [1.807, 2.05) is 32.0 Å². The van der Waals surface area contributed by atoms with Gasteiger partial charge in [-0.3, -0.25) is 0 Å². The highest BCUT2D eigenvalue weighted by molar-refractivity contribution is 9.10. The van der Waals surface area contributed by atoms with Gasteiger partial charge >= 0.3 is 0 Å². The third-order valence-corrected chi connectivity index (χ3v) is 3.79. The van der Waals surface area contributed by atoms with Gasteiger partial charge in [0.15, 0.2) is 0 Å². The van der Waals surface area contributed by atoms with Crippen molar-refractivity contribution in [3.05, 3.63) is 45.0 Å². The molecule has 0 aliphatic carbocycles. The maximum Gasteiger partial charge on any atom is 0.234 e. The van der Waals surface area contributed by atoms with Crippen molar-refractivity contribution in [1.29, 1.82) is 0 Å². The number of pyridine rings is 1. The standard InChI is InChI=1S/C13H12BrClN2O/c1-7-3-4-11(9(15)5-7)18-13-12(14)8(2)10(16)6-17-13/h3-6H,16H2,1-2H3. The quantitative estimate of drug-likeness (QED) is 0.884. The molecule has 0 fully saturated rings. The minimum absolute atomic E-state index is 0.451. The molecule has 0 aliphatic heterocycles. The summed E-state index contributed by atoms with van der Waals surface area (Å²) in [5.74, 6) is 1.02. The largest absolute Gasteiger partial charge is 0.436 e. The van der Waals surface area contributed by atoms with Gasteiger partial charge in [0.25, 0.3) is 0 Å². The molecule has 0 spiro atoms. The van der Waals surface area contributed by atoms with Gasteiger partial charge in [-0.2, -0.15) is 0 Å². The molecule has 0 amide bonds. The van der Waals surface area contributed by atoms with Crippen LogP contribution in [0.3, 0.4) is 0 Å². The molecule has 0 radical (unpaired) electrons. The van der Waals surface area contributed by atoms with Crippen molar-refractivity contribution in [2.24, 2.45) is 0 Å². The van der Waals surface area contributed by atoms with Crippen molar-refractivity contribution in [3.63, 3.8) is 0 Å². The molecule has 5 heteroatoms. The van der Waals surface area contributed by atoms with Crippen LogP contribution in [0.15, 0.2) is 28.9 Å². The number of rotatable bonds is 2. The molecule has 0 aliphatic rings. The zero-order valence-corrected chi connectivity index (χ0v) is 12.3. The van der Waals surface area contributed by atoms with Crippen molar-refractivity contribution in [3.8, 4) is 11.6 Å². The molecule has 2 aromatic rings. The smallest absolute Gasteiger partial charge is 0.234 e. The number of ether oxygens (including phenoxy) is 1. The summed E-state index contributed by atoms with van der Waals surface area (Å²) in [5, 5.41) is 0.554. The first kappa shape index (κ1) is 13.2. The zero-order chi connectivity index (χ0) is 13.3. The van der Waals surface area contributed by atoms with E-state index < -0.39 is 0 Å². The van der Waals surface area contributed by atoms with Crippen LogP contribution in [-0.2, 0) is 0 Å². The van der Waals surface area contributed by atoms with Crippen LogP contribution in [0.25, 0.3) is 0 Å². The summed E-state index contributed by atoms with van der Waals surface area (Å²) < 4.78 is 6.42. The van der Waals surface area contributed by atoms with E-state index in [9.17, 15) is 0 Å². The maximum absolute atomic E-state index is 6.11. The SMILES string of the molecule is Cc1ccc(Oc2ncc(N)c(C)c2Br)c(Cl)c1. The molecular weight excluding hydrogens is 316 g/mol. The fraction of sp³-hybridized carbons (Fsp3) is 0.154. The summed E-state index contributed by atoms with van der Waals surface area (Å²) in [6.45, 7) is 3.86. The van der Waals surface area contributed by atoms with Crippen LogP contribution in [0.2, 0.25) is 5.02 Å². The lowest BCUT2D eigenvalue weighted by atomic mass is 10.2. The highest BCUT2D eigenvalue weighted by Gasteiger charge is 2.11. The van der Waals surface area contributed by atoms with Gasteiger partial charge in [0.2, 0.25) is 5.88 Å². The summed E-state index contributed by atoms with van der Waals surface area (Å²) in [6.07, 6.45) is 1.57. The molecule has 0 unspecified atom stereocenters. The Bertz CT molecular complexity index is 602. The summed E-state index contributed by atoms with van der Waals surface area (Å²) >= 11 is 9.53. The van der Waals surface area contributed by atoms with E-state index in [-0.39, 0.29) is 0 Å². The highest BCUT2D eigenvalue weighted by Crippen LogP contribution is 2.35. The van der Waals surface area contributed by atoms with Gasteiger partial charge in [0.05, 0.1) is 21.4 Å². The summed E-state index contributed by atoms with van der Waals surface area (Å²) in [5.41, 5.74) is 8.34. The van der Waals surface area contributed by atoms with E-state index in [1.54, 1.807) is 6.20 Å². The monoisotopic (exact) mass is 326 g/mol. The van der Waals surface area contributed by atoms with Crippen LogP contribution in [-0.4, -0.2) is 4.98 Å². The molecule has 0 atom stereocenters. The van der Waals surface area contributed by atoms with Crippen molar-refractivity contribution in [2.75, 3.05) is 5.73 Å². The first-order valence-electron chi connectivity index (χ1n) is 5.33. The lowest BCUT2D eigenvalue weighted by molar-refractivity contribution is 0.459. The second kappa shape index (κ2) is 5.16. The second-order valence-electron chi connectivity index (χ2n) is 3.99. The average molecular weight is 328 g/mol. The molecule has 18 heavy (non-hydrogen) atoms. The van der Waals surface area contributed by atoms with Crippen LogP contribution >= 0.6 is 27.5 Å². The summed E-state index contributed by atoms with van der Waals surface area (Å²) in [6, 6.07) is 5.59. The zero-order valence-electron chi connectivity index (χ0n) is 10.00. The molecule has 94 valence electrons. The molecule has 1 heterocycles. The molecule has 2 rings (SSSR count). The molecular formula is C13H12BrClN2O. The Balaban J connectivity index is 2.37. The van der Waals surface area contributed by atoms with Gasteiger partial charge in [-0.15, -0.1) is 0 Å². The van der Waals surface area contributed by atoms with Gasteiger partial charge in [-0.1, -0.05) is 17.7 Å². The minimum atomic E-state index is 0.451. The Morgan fingerprint density at radius 3 is 2.72 bits per heavy atom. The van der Waals surface area contributed by atoms with Gasteiger partial charge in [-0.25, -0.2) is 4.98 Å². The highest BCUT2D eigenvalue weighted by atomic mass is 79.9. The number of nitrogen functional groups attached to an aromatic ring is 1. The Hall–Kier alpha value is -1.26. The van der Waals surface area contributed by atoms with E-state index in [0.717, 1.165) is 15.6 Å². The Morgan fingerprint density at radius 2 is 2.06 bits per heavy atom. The van der Waals surface area contributed by atoms with Crippen molar-refractivity contribution in [2.45, 2.75) is 13.8 Å². The van der Waals surface area contributed by atoms with E-state index >= 15 is 0 Å². The summed E-state index contributed by atoms with van der Waals surface area (Å²) in [7, 11) is 0. The fourth-order valence-corrected chi connectivity index (χ4v) is 2.12. The van der Waals surface area contributed by atoms with Gasteiger partial charge in [0, 0.05) is 0 Å². The normalized spacial score (nSPS) is 10.4. The molecule has 0 saturated carbocycles. The number of nitrogens with zero attached hydrogens (tertiary/aromatic N) is 1. The number of hydrogen-bond acceptors (Lipinski definition) is 3. The number of aromatic nitrogens is 1. The van der Waals surface area contributed by atoms with E-state index in [2.05, 4.69) is 20.9 Å². The van der Waals surface area contributed by atoms with Crippen molar-refractivity contribution >= 4 is 33.2 Å². The maximum atomic E-state index is 6.11. The van der Waals surface area contributed by atoms with E-state index in [0.29, 0.717) is 22.3 Å². The van der Waals surface area contributed by atoms with Gasteiger partial charge in [-0.05, 0) is 53.0 Å². The predicted octanol–water partition coefficient (Wildman–Crippen LogP) is 4.49. The average Bonchev–Trinajstić information content (AvgIpc) is 2.33. The molecule has 3 nitrogen and oxygen atoms in total. The molecule has 2 N–H and O–H groups in total. The number of benzene rings is 1. The first-order valence-corrected chi connectivity index (χ1v) is 6.50. The van der Waals surface area contributed by atoms with E-state index in [4.69, 9.17) is 22.1 Å². The molecule has 0 saturated heterocycles. The topological polar surface area (TPSA) is 48.1 Å². The number of halogens is 2. The molecule has 1 aromatic heterocycles. The minimum Gasteiger partial charge on any atom is -0.436 e. The second-order valence-corrected chi connectivity index (χ2v) is 5.19. The number of anilines is 1. The molecule has 0 bridgehead atoms. The lowest BCUT2D eigenvalue weighted by Gasteiger charge is -2.11. The van der Waals surface area contributed by atoms with Crippen molar-refractivity contribution in [1.82, 2.24) is 4.98 Å². The number of aryl methyl sites for hydroxylation is 1. The Morgan fingerprint density at radius 1 is 1.33 bits per heavy atom. The Kier molecular flexibility index (Phi) is 3.78. The predicted molar refractivity (Wildman–Crippen MR) is 77.3 cm³/mol. The van der Waals surface area contributed by atoms with Crippen molar-refractivity contribution < 1.29 is 4.74 Å². The summed E-state index contributed by atoms with van der Waals surface area (Å²) in [4.78, 5) is 4.14. The first-order chi connectivity index (χ1) is 8.49. The van der Waals surface area contributed by atoms with Crippen LogP contribution in [0.1, 0.15) is 11.1 Å². The third-order valence-electron chi connectivity index (χ3n) is 2.56. The van der Waals surface area contributed by atoms with Crippen LogP contribution in [0.4, 0.5) is 5.69 Å². The van der Waals surface area contributed by atoms with Crippen LogP contribution < -0.4 is 10.5 Å². The fourth-order valence-electron chi connectivity index (χ4n) is 1.43. The number of hydrogen-bond donors (Lipinski definition) is 1.